The molecule has 0 radical (unpaired) electrons. The van der Waals surface area contributed by atoms with Crippen molar-refractivity contribution in [3.63, 3.8) is 0 Å². The van der Waals surface area contributed by atoms with E-state index in [-0.39, 0.29) is 6.07 Å². The van der Waals surface area contributed by atoms with E-state index >= 15 is 0 Å². The fourth-order valence-electron chi connectivity index (χ4n) is 1.24. The molecule has 0 aliphatic heterocycles. The standard InChI is InChI=1S/C8H4F5N3O4/c9-6(10)4-5(16(18)19)2(7(14)17)1-3(15-4)20-8(11,12)13/h1,6H,(H2,14,17). The van der Waals surface area contributed by atoms with Gasteiger partial charge in [-0.1, -0.05) is 0 Å². The van der Waals surface area contributed by atoms with Crippen LogP contribution in [-0.2, 0) is 0 Å². The lowest BCUT2D eigenvalue weighted by atomic mass is 10.1. The monoisotopic (exact) mass is 301 g/mol. The van der Waals surface area contributed by atoms with Gasteiger partial charge in [0.2, 0.25) is 5.88 Å². The molecule has 0 aliphatic carbocycles. The number of hydrogen-bond acceptors (Lipinski definition) is 5. The van der Waals surface area contributed by atoms with Crippen molar-refractivity contribution in [2.75, 3.05) is 0 Å². The van der Waals surface area contributed by atoms with Gasteiger partial charge in [0.25, 0.3) is 12.3 Å². The number of primary amides is 1. The Bertz CT molecular complexity index is 560. The zero-order valence-corrected chi connectivity index (χ0v) is 9.15. The molecule has 20 heavy (non-hydrogen) atoms. The number of halogens is 5. The lowest BCUT2D eigenvalue weighted by Crippen LogP contribution is -2.21. The van der Waals surface area contributed by atoms with E-state index in [0.29, 0.717) is 0 Å². The molecule has 0 aliphatic rings. The van der Waals surface area contributed by atoms with E-state index in [4.69, 9.17) is 5.73 Å². The van der Waals surface area contributed by atoms with Gasteiger partial charge in [-0.2, -0.15) is 0 Å². The number of carbonyl (C=O) groups excluding carboxylic acids is 1. The minimum atomic E-state index is -5.28. The topological polar surface area (TPSA) is 108 Å². The first kappa shape index (κ1) is 15.5. The third kappa shape index (κ3) is 3.49. The highest BCUT2D eigenvalue weighted by molar-refractivity contribution is 5.97. The quantitative estimate of drug-likeness (QED) is 0.519. The number of nitro groups is 1. The van der Waals surface area contributed by atoms with Gasteiger partial charge in [-0.25, -0.2) is 13.8 Å². The largest absolute Gasteiger partial charge is 0.574 e. The molecule has 1 heterocycles. The van der Waals surface area contributed by atoms with Crippen LogP contribution in [0.15, 0.2) is 6.07 Å². The van der Waals surface area contributed by atoms with E-state index in [1.165, 1.54) is 0 Å². The molecule has 0 bridgehead atoms. The fraction of sp³-hybridized carbons (Fsp3) is 0.250. The van der Waals surface area contributed by atoms with Crippen LogP contribution < -0.4 is 10.5 Å². The van der Waals surface area contributed by atoms with E-state index in [1.54, 1.807) is 0 Å². The van der Waals surface area contributed by atoms with Crippen LogP contribution in [-0.4, -0.2) is 22.2 Å². The Morgan fingerprint density at radius 3 is 2.35 bits per heavy atom. The number of amides is 1. The SMILES string of the molecule is NC(=O)c1cc(OC(F)(F)F)nc(C(F)F)c1[N+](=O)[O-]. The molecule has 1 rings (SSSR count). The number of alkyl halides is 5. The third-order valence-corrected chi connectivity index (χ3v) is 1.87. The summed E-state index contributed by atoms with van der Waals surface area (Å²) in [7, 11) is 0. The van der Waals surface area contributed by atoms with Crippen LogP contribution in [0.2, 0.25) is 0 Å². The molecule has 0 saturated carbocycles. The number of rotatable bonds is 4. The lowest BCUT2D eigenvalue weighted by molar-refractivity contribution is -0.387. The fourth-order valence-corrected chi connectivity index (χ4v) is 1.24. The van der Waals surface area contributed by atoms with Gasteiger partial charge in [-0.05, 0) is 0 Å². The van der Waals surface area contributed by atoms with Crippen molar-refractivity contribution in [1.82, 2.24) is 4.98 Å². The first-order valence-electron chi connectivity index (χ1n) is 4.56. The number of aromatic nitrogens is 1. The van der Waals surface area contributed by atoms with Crippen molar-refractivity contribution in [3.8, 4) is 5.88 Å². The maximum Gasteiger partial charge on any atom is 0.574 e. The van der Waals surface area contributed by atoms with Crippen molar-refractivity contribution in [1.29, 1.82) is 0 Å². The van der Waals surface area contributed by atoms with Crippen molar-refractivity contribution in [2.24, 2.45) is 5.73 Å². The number of pyridine rings is 1. The second kappa shape index (κ2) is 5.22. The summed E-state index contributed by atoms with van der Waals surface area (Å²) in [5.74, 6) is -3.03. The minimum absolute atomic E-state index is 0.167. The molecule has 0 fully saturated rings. The highest BCUT2D eigenvalue weighted by atomic mass is 19.4. The molecule has 7 nitrogen and oxygen atoms in total. The van der Waals surface area contributed by atoms with Gasteiger partial charge >= 0.3 is 12.0 Å². The molecule has 1 aromatic heterocycles. The van der Waals surface area contributed by atoms with Crippen LogP contribution in [0.5, 0.6) is 5.88 Å². The first-order valence-corrected chi connectivity index (χ1v) is 4.56. The number of nitrogens with zero attached hydrogens (tertiary/aromatic N) is 2. The van der Waals surface area contributed by atoms with Crippen molar-refractivity contribution in [3.05, 3.63) is 27.4 Å². The maximum absolute atomic E-state index is 12.6. The number of ether oxygens (including phenoxy) is 1. The molecule has 0 aromatic carbocycles. The molecule has 0 unspecified atom stereocenters. The van der Waals surface area contributed by atoms with E-state index < -0.39 is 46.4 Å². The third-order valence-electron chi connectivity index (χ3n) is 1.87. The van der Waals surface area contributed by atoms with Crippen molar-refractivity contribution < 1.29 is 36.4 Å². The minimum Gasteiger partial charge on any atom is -0.388 e. The van der Waals surface area contributed by atoms with E-state index in [9.17, 15) is 36.9 Å². The van der Waals surface area contributed by atoms with Gasteiger partial charge in [-0.15, -0.1) is 13.2 Å². The molecule has 1 aromatic rings. The molecule has 0 atom stereocenters. The van der Waals surface area contributed by atoms with E-state index in [2.05, 4.69) is 9.72 Å². The summed E-state index contributed by atoms with van der Waals surface area (Å²) in [6.45, 7) is 0. The average Bonchev–Trinajstić information content (AvgIpc) is 2.24. The zero-order chi connectivity index (χ0) is 15.7. The van der Waals surface area contributed by atoms with Crippen molar-refractivity contribution in [2.45, 2.75) is 12.8 Å². The molecule has 0 saturated heterocycles. The van der Waals surface area contributed by atoms with Gasteiger partial charge in [0, 0.05) is 6.07 Å². The molecular weight excluding hydrogens is 297 g/mol. The summed E-state index contributed by atoms with van der Waals surface area (Å²) >= 11 is 0. The van der Waals surface area contributed by atoms with E-state index in [1.807, 2.05) is 0 Å². The summed E-state index contributed by atoms with van der Waals surface area (Å²) in [4.78, 5) is 22.8. The molecule has 0 spiro atoms. The summed E-state index contributed by atoms with van der Waals surface area (Å²) in [5, 5.41) is 10.6. The second-order valence-electron chi connectivity index (χ2n) is 3.21. The Kier molecular flexibility index (Phi) is 4.06. The Morgan fingerprint density at radius 1 is 1.45 bits per heavy atom. The molecular formula is C8H4F5N3O4. The predicted molar refractivity (Wildman–Crippen MR) is 51.0 cm³/mol. The summed E-state index contributed by atoms with van der Waals surface area (Å²) in [6.07, 6.45) is -8.89. The Morgan fingerprint density at radius 2 is 2.00 bits per heavy atom. The van der Waals surface area contributed by atoms with Gasteiger partial charge in [0.1, 0.15) is 5.56 Å². The van der Waals surface area contributed by atoms with Crippen LogP contribution in [0.1, 0.15) is 22.5 Å². The summed E-state index contributed by atoms with van der Waals surface area (Å²) in [5.41, 5.74) is 0.416. The second-order valence-corrected chi connectivity index (χ2v) is 3.21. The highest BCUT2D eigenvalue weighted by Gasteiger charge is 2.36. The molecule has 12 heteroatoms. The molecule has 2 N–H and O–H groups in total. The molecule has 1 amide bonds. The van der Waals surface area contributed by atoms with E-state index in [0.717, 1.165) is 0 Å². The number of carbonyl (C=O) groups is 1. The first-order chi connectivity index (χ1) is 9.03. The van der Waals surface area contributed by atoms with Crippen LogP contribution in [0.4, 0.5) is 27.6 Å². The Balaban J connectivity index is 3.54. The Labute approximate surface area is 106 Å². The number of hydrogen-bond donors (Lipinski definition) is 1. The van der Waals surface area contributed by atoms with Crippen LogP contribution in [0.25, 0.3) is 0 Å². The van der Waals surface area contributed by atoms with Gasteiger partial charge in [-0.3, -0.25) is 14.9 Å². The van der Waals surface area contributed by atoms with Crippen LogP contribution >= 0.6 is 0 Å². The Hall–Kier alpha value is -2.53. The van der Waals surface area contributed by atoms with Gasteiger partial charge in [0.15, 0.2) is 5.69 Å². The normalized spacial score (nSPS) is 11.5. The maximum atomic E-state index is 12.6. The van der Waals surface area contributed by atoms with Gasteiger partial charge in [0.05, 0.1) is 4.92 Å². The van der Waals surface area contributed by atoms with Crippen LogP contribution in [0.3, 0.4) is 0 Å². The zero-order valence-electron chi connectivity index (χ0n) is 9.15. The predicted octanol–water partition coefficient (Wildman–Crippen LogP) is 1.92. The summed E-state index contributed by atoms with van der Waals surface area (Å²) in [6, 6.07) is 0.167. The smallest absolute Gasteiger partial charge is 0.388 e. The van der Waals surface area contributed by atoms with Crippen molar-refractivity contribution >= 4 is 11.6 Å². The number of nitrogens with two attached hydrogens (primary N) is 1. The van der Waals surface area contributed by atoms with Crippen LogP contribution in [0, 0.1) is 10.1 Å². The highest BCUT2D eigenvalue weighted by Crippen LogP contribution is 2.34. The van der Waals surface area contributed by atoms with Gasteiger partial charge < -0.3 is 10.5 Å². The molecule has 110 valence electrons. The summed E-state index contributed by atoms with van der Waals surface area (Å²) < 4.78 is 64.3. The lowest BCUT2D eigenvalue weighted by Gasteiger charge is -2.11. The average molecular weight is 301 g/mol.